The molecule has 0 aromatic carbocycles. The third-order valence-electron chi connectivity index (χ3n) is 2.64. The highest BCUT2D eigenvalue weighted by molar-refractivity contribution is 8.14. The van der Waals surface area contributed by atoms with Gasteiger partial charge >= 0.3 is 0 Å². The number of hydrogen-bond acceptors (Lipinski definition) is 3. The van der Waals surface area contributed by atoms with E-state index in [0.717, 1.165) is 6.42 Å². The Balaban J connectivity index is 2.66. The fraction of sp³-hybridized carbons (Fsp3) is 0.800. The average molecular weight is 200 g/mol. The lowest BCUT2D eigenvalue weighted by Crippen LogP contribution is -2.35. The molecule has 2 nitrogen and oxygen atoms in total. The molecule has 1 aliphatic carbocycles. The summed E-state index contributed by atoms with van der Waals surface area (Å²) in [5.41, 5.74) is 0.129. The third-order valence-corrected chi connectivity index (χ3v) is 4.06. The first-order chi connectivity index (χ1) is 5.92. The first kappa shape index (κ1) is 10.8. The zero-order chi connectivity index (χ0) is 10.1. The van der Waals surface area contributed by atoms with Gasteiger partial charge in [-0.2, -0.15) is 0 Å². The van der Waals surface area contributed by atoms with Crippen molar-refractivity contribution in [3.05, 3.63) is 0 Å². The van der Waals surface area contributed by atoms with Crippen LogP contribution in [0.2, 0.25) is 0 Å². The van der Waals surface area contributed by atoms with Crippen LogP contribution in [0.15, 0.2) is 0 Å². The van der Waals surface area contributed by atoms with E-state index < -0.39 is 0 Å². The van der Waals surface area contributed by atoms with Crippen LogP contribution in [0.5, 0.6) is 0 Å². The summed E-state index contributed by atoms with van der Waals surface area (Å²) in [5, 5.41) is 0.305. The summed E-state index contributed by atoms with van der Waals surface area (Å²) >= 11 is 1.33. The maximum absolute atomic E-state index is 11.2. The number of hydrogen-bond donors (Lipinski definition) is 0. The summed E-state index contributed by atoms with van der Waals surface area (Å²) in [4.78, 5) is 22.2. The Hall–Kier alpha value is -0.310. The van der Waals surface area contributed by atoms with E-state index in [0.29, 0.717) is 18.6 Å². The van der Waals surface area contributed by atoms with Crippen LogP contribution in [-0.2, 0) is 9.59 Å². The van der Waals surface area contributed by atoms with Crippen molar-refractivity contribution in [1.29, 1.82) is 0 Å². The molecule has 1 saturated carbocycles. The maximum Gasteiger partial charge on any atom is 0.186 e. The van der Waals surface area contributed by atoms with Gasteiger partial charge in [0.1, 0.15) is 5.78 Å². The molecule has 13 heavy (non-hydrogen) atoms. The summed E-state index contributed by atoms with van der Waals surface area (Å²) in [7, 11) is 0. The standard InChI is InChI=1S/C10H16O2S/c1-7(11)13-9-6-8(12)4-5-10(9,2)3/h9H,4-6H2,1-3H3/t9-/m0/s1. The van der Waals surface area contributed by atoms with Crippen molar-refractivity contribution in [2.24, 2.45) is 5.41 Å². The Labute approximate surface area is 83.5 Å². The molecular formula is C10H16O2S. The van der Waals surface area contributed by atoms with E-state index >= 15 is 0 Å². The van der Waals surface area contributed by atoms with Crippen LogP contribution in [0.3, 0.4) is 0 Å². The minimum Gasteiger partial charge on any atom is -0.300 e. The molecular weight excluding hydrogens is 184 g/mol. The first-order valence-corrected chi connectivity index (χ1v) is 5.49. The second-order valence-electron chi connectivity index (χ2n) is 4.33. The van der Waals surface area contributed by atoms with Gasteiger partial charge < -0.3 is 0 Å². The Kier molecular flexibility index (Phi) is 3.17. The average Bonchev–Trinajstić information content (AvgIpc) is 1.97. The molecule has 1 aliphatic rings. The second-order valence-corrected chi connectivity index (χ2v) is 5.71. The number of Topliss-reactive ketones (excluding diaryl/α,β-unsaturated/α-hetero) is 1. The van der Waals surface area contributed by atoms with Crippen molar-refractivity contribution in [3.8, 4) is 0 Å². The van der Waals surface area contributed by atoms with Gasteiger partial charge in [-0.15, -0.1) is 0 Å². The molecule has 1 rings (SSSR count). The Bertz CT molecular complexity index is 231. The van der Waals surface area contributed by atoms with Crippen molar-refractivity contribution in [3.63, 3.8) is 0 Å². The molecule has 0 unspecified atom stereocenters. The van der Waals surface area contributed by atoms with Crippen molar-refractivity contribution in [2.45, 2.75) is 45.3 Å². The first-order valence-electron chi connectivity index (χ1n) is 4.61. The van der Waals surface area contributed by atoms with Gasteiger partial charge in [0.15, 0.2) is 5.12 Å². The summed E-state index contributed by atoms with van der Waals surface area (Å²) < 4.78 is 0. The van der Waals surface area contributed by atoms with Crippen molar-refractivity contribution in [2.75, 3.05) is 0 Å². The van der Waals surface area contributed by atoms with Crippen molar-refractivity contribution < 1.29 is 9.59 Å². The summed E-state index contributed by atoms with van der Waals surface area (Å²) in [6.45, 7) is 5.85. The van der Waals surface area contributed by atoms with Gasteiger partial charge in [-0.25, -0.2) is 0 Å². The number of rotatable bonds is 1. The monoisotopic (exact) mass is 200 g/mol. The quantitative estimate of drug-likeness (QED) is 0.652. The molecule has 0 spiro atoms. The molecule has 0 heterocycles. The van der Waals surface area contributed by atoms with E-state index in [1.807, 2.05) is 0 Å². The summed E-state index contributed by atoms with van der Waals surface area (Å²) in [6, 6.07) is 0. The predicted octanol–water partition coefficient (Wildman–Crippen LogP) is 2.41. The van der Waals surface area contributed by atoms with E-state index in [1.165, 1.54) is 11.8 Å². The molecule has 0 aromatic heterocycles. The number of ketones is 1. The molecule has 74 valence electrons. The van der Waals surface area contributed by atoms with E-state index in [1.54, 1.807) is 6.92 Å². The molecule has 1 atom stereocenters. The lowest BCUT2D eigenvalue weighted by atomic mass is 9.76. The molecule has 0 aliphatic heterocycles. The van der Waals surface area contributed by atoms with Gasteiger partial charge in [-0.3, -0.25) is 9.59 Å². The zero-order valence-electron chi connectivity index (χ0n) is 8.42. The molecule has 0 amide bonds. The van der Waals surface area contributed by atoms with Gasteiger partial charge in [-0.05, 0) is 11.8 Å². The van der Waals surface area contributed by atoms with Crippen molar-refractivity contribution >= 4 is 22.7 Å². The topological polar surface area (TPSA) is 34.1 Å². The van der Waals surface area contributed by atoms with Gasteiger partial charge in [0.25, 0.3) is 0 Å². The highest BCUT2D eigenvalue weighted by Gasteiger charge is 2.36. The van der Waals surface area contributed by atoms with E-state index in [4.69, 9.17) is 0 Å². The minimum atomic E-state index is 0.118. The maximum atomic E-state index is 11.2. The van der Waals surface area contributed by atoms with Crippen LogP contribution in [-0.4, -0.2) is 16.1 Å². The Morgan fingerprint density at radius 1 is 1.54 bits per heavy atom. The molecule has 0 aromatic rings. The highest BCUT2D eigenvalue weighted by Crippen LogP contribution is 2.41. The summed E-state index contributed by atoms with van der Waals surface area (Å²) in [6.07, 6.45) is 2.16. The normalized spacial score (nSPS) is 27.3. The van der Waals surface area contributed by atoms with Crippen molar-refractivity contribution in [1.82, 2.24) is 0 Å². The molecule has 0 N–H and O–H groups in total. The number of carbonyl (C=O) groups is 2. The Morgan fingerprint density at radius 3 is 2.69 bits per heavy atom. The fourth-order valence-electron chi connectivity index (χ4n) is 1.61. The fourth-order valence-corrected chi connectivity index (χ4v) is 2.72. The van der Waals surface area contributed by atoms with Gasteiger partial charge in [0.05, 0.1) is 0 Å². The minimum absolute atomic E-state index is 0.118. The van der Waals surface area contributed by atoms with Crippen LogP contribution in [0.1, 0.15) is 40.0 Å². The summed E-state index contributed by atoms with van der Waals surface area (Å²) in [5.74, 6) is 0.304. The lowest BCUT2D eigenvalue weighted by molar-refractivity contribution is -0.121. The van der Waals surface area contributed by atoms with E-state index in [9.17, 15) is 9.59 Å². The highest BCUT2D eigenvalue weighted by atomic mass is 32.2. The zero-order valence-corrected chi connectivity index (χ0v) is 9.24. The van der Waals surface area contributed by atoms with Crippen LogP contribution in [0, 0.1) is 5.41 Å². The number of carbonyl (C=O) groups excluding carboxylic acids is 2. The Morgan fingerprint density at radius 2 is 2.15 bits per heavy atom. The smallest absolute Gasteiger partial charge is 0.186 e. The molecule has 0 saturated heterocycles. The van der Waals surface area contributed by atoms with Crippen LogP contribution in [0.4, 0.5) is 0 Å². The van der Waals surface area contributed by atoms with Crippen LogP contribution < -0.4 is 0 Å². The van der Waals surface area contributed by atoms with Crippen LogP contribution >= 0.6 is 11.8 Å². The van der Waals surface area contributed by atoms with E-state index in [-0.39, 0.29) is 15.8 Å². The van der Waals surface area contributed by atoms with E-state index in [2.05, 4.69) is 13.8 Å². The molecule has 0 radical (unpaired) electrons. The van der Waals surface area contributed by atoms with Gasteiger partial charge in [-0.1, -0.05) is 25.6 Å². The van der Waals surface area contributed by atoms with Gasteiger partial charge in [0, 0.05) is 25.0 Å². The van der Waals surface area contributed by atoms with Crippen LogP contribution in [0.25, 0.3) is 0 Å². The largest absolute Gasteiger partial charge is 0.300 e. The molecule has 0 bridgehead atoms. The number of thioether (sulfide) groups is 1. The molecule has 3 heteroatoms. The lowest BCUT2D eigenvalue weighted by Gasteiger charge is -2.36. The molecule has 1 fully saturated rings. The predicted molar refractivity (Wildman–Crippen MR) is 54.7 cm³/mol. The third kappa shape index (κ3) is 2.83. The second kappa shape index (κ2) is 3.82. The SMILES string of the molecule is CC(=O)S[C@H]1CC(=O)CCC1(C)C. The van der Waals surface area contributed by atoms with Gasteiger partial charge in [0.2, 0.25) is 0 Å².